The molecule has 0 aliphatic heterocycles. The molecule has 0 fully saturated rings. The van der Waals surface area contributed by atoms with E-state index in [-0.39, 0.29) is 12.1 Å². The minimum absolute atomic E-state index is 0.0488. The molecule has 1 unspecified atom stereocenters. The molecule has 0 saturated heterocycles. The van der Waals surface area contributed by atoms with Crippen molar-refractivity contribution < 1.29 is 4.79 Å². The summed E-state index contributed by atoms with van der Waals surface area (Å²) < 4.78 is 0. The number of benzene rings is 1. The monoisotopic (exact) mass is 249 g/mol. The summed E-state index contributed by atoms with van der Waals surface area (Å²) in [5, 5.41) is 2.91. The third-order valence-corrected chi connectivity index (χ3v) is 3.17. The Labute approximate surface area is 109 Å². The molecular formula is C14H23N3O. The smallest absolute Gasteiger partial charge is 0.322 e. The van der Waals surface area contributed by atoms with Gasteiger partial charge in [0.25, 0.3) is 0 Å². The highest BCUT2D eigenvalue weighted by molar-refractivity contribution is 5.89. The Morgan fingerprint density at radius 3 is 2.39 bits per heavy atom. The molecule has 18 heavy (non-hydrogen) atoms. The number of nitrogens with one attached hydrogen (secondary N) is 1. The molecule has 2 amide bonds. The Kier molecular flexibility index (Phi) is 5.65. The number of hydrogen-bond acceptors (Lipinski definition) is 2. The number of anilines is 1. The first kappa shape index (κ1) is 14.5. The van der Waals surface area contributed by atoms with E-state index in [2.05, 4.69) is 19.2 Å². The molecule has 0 bridgehead atoms. The van der Waals surface area contributed by atoms with Gasteiger partial charge in [0.2, 0.25) is 0 Å². The summed E-state index contributed by atoms with van der Waals surface area (Å²) in [5.74, 6) is 0. The first-order valence-corrected chi connectivity index (χ1v) is 6.49. The van der Waals surface area contributed by atoms with Crippen molar-refractivity contribution in [3.8, 4) is 0 Å². The molecule has 100 valence electrons. The Balaban J connectivity index is 2.67. The maximum Gasteiger partial charge on any atom is 0.322 e. The highest BCUT2D eigenvalue weighted by Crippen LogP contribution is 2.12. The van der Waals surface area contributed by atoms with Crippen molar-refractivity contribution in [2.24, 2.45) is 5.73 Å². The lowest BCUT2D eigenvalue weighted by atomic mass is 10.2. The molecule has 1 atom stereocenters. The summed E-state index contributed by atoms with van der Waals surface area (Å²) in [4.78, 5) is 13.9. The lowest BCUT2D eigenvalue weighted by molar-refractivity contribution is 0.195. The second-order valence-corrected chi connectivity index (χ2v) is 4.37. The summed E-state index contributed by atoms with van der Waals surface area (Å²) in [6.07, 6.45) is 0.952. The zero-order chi connectivity index (χ0) is 13.5. The highest BCUT2D eigenvalue weighted by atomic mass is 16.2. The number of carbonyl (C=O) groups excluding carboxylic acids is 1. The molecular weight excluding hydrogens is 226 g/mol. The number of hydrogen-bond donors (Lipinski definition) is 2. The van der Waals surface area contributed by atoms with Gasteiger partial charge in [-0.3, -0.25) is 0 Å². The van der Waals surface area contributed by atoms with Crippen molar-refractivity contribution in [1.82, 2.24) is 4.90 Å². The van der Waals surface area contributed by atoms with Gasteiger partial charge in [-0.1, -0.05) is 19.1 Å². The second kappa shape index (κ2) is 7.01. The quantitative estimate of drug-likeness (QED) is 0.843. The maximum absolute atomic E-state index is 12.1. The number of urea groups is 1. The fraction of sp³-hybridized carbons (Fsp3) is 0.500. The highest BCUT2D eigenvalue weighted by Gasteiger charge is 2.16. The molecule has 1 aromatic rings. The van der Waals surface area contributed by atoms with E-state index in [1.807, 2.05) is 36.1 Å². The van der Waals surface area contributed by atoms with Crippen LogP contribution >= 0.6 is 0 Å². The van der Waals surface area contributed by atoms with Crippen LogP contribution in [0.2, 0.25) is 0 Å². The predicted molar refractivity (Wildman–Crippen MR) is 75.5 cm³/mol. The van der Waals surface area contributed by atoms with Gasteiger partial charge < -0.3 is 16.0 Å². The Morgan fingerprint density at radius 2 is 1.94 bits per heavy atom. The van der Waals surface area contributed by atoms with Gasteiger partial charge in [-0.05, 0) is 38.0 Å². The minimum atomic E-state index is -0.0488. The molecule has 0 aromatic heterocycles. The van der Waals surface area contributed by atoms with E-state index in [4.69, 9.17) is 5.73 Å². The van der Waals surface area contributed by atoms with E-state index >= 15 is 0 Å². The normalized spacial score (nSPS) is 12.0. The van der Waals surface area contributed by atoms with Crippen LogP contribution < -0.4 is 11.1 Å². The summed E-state index contributed by atoms with van der Waals surface area (Å²) >= 11 is 0. The summed E-state index contributed by atoms with van der Waals surface area (Å²) in [6.45, 7) is 7.35. The third-order valence-electron chi connectivity index (χ3n) is 3.17. The van der Waals surface area contributed by atoms with Crippen LogP contribution in [0.15, 0.2) is 24.3 Å². The van der Waals surface area contributed by atoms with Crippen LogP contribution in [0.5, 0.6) is 0 Å². The maximum atomic E-state index is 12.1. The molecule has 0 radical (unpaired) electrons. The van der Waals surface area contributed by atoms with Crippen molar-refractivity contribution in [1.29, 1.82) is 0 Å². The van der Waals surface area contributed by atoms with Gasteiger partial charge in [-0.25, -0.2) is 4.79 Å². The van der Waals surface area contributed by atoms with Crippen molar-refractivity contribution in [3.05, 3.63) is 29.8 Å². The van der Waals surface area contributed by atoms with Crippen molar-refractivity contribution >= 4 is 11.7 Å². The SMILES string of the molecule is CCC(C)N(CC)C(=O)Nc1ccc(CN)cc1. The zero-order valence-corrected chi connectivity index (χ0v) is 11.4. The molecule has 0 saturated carbocycles. The van der Waals surface area contributed by atoms with Gasteiger partial charge in [0.1, 0.15) is 0 Å². The summed E-state index contributed by atoms with van der Waals surface area (Å²) in [7, 11) is 0. The lowest BCUT2D eigenvalue weighted by Crippen LogP contribution is -2.40. The standard InChI is InChI=1S/C14H23N3O/c1-4-11(3)17(5-2)14(18)16-13-8-6-12(10-15)7-9-13/h6-9,11H,4-5,10,15H2,1-3H3,(H,16,18). The van der Waals surface area contributed by atoms with Gasteiger partial charge in [0, 0.05) is 24.8 Å². The first-order valence-electron chi connectivity index (χ1n) is 6.49. The van der Waals surface area contributed by atoms with Crippen LogP contribution in [0.4, 0.5) is 10.5 Å². The van der Waals surface area contributed by atoms with E-state index in [0.29, 0.717) is 13.1 Å². The van der Waals surface area contributed by atoms with Crippen LogP contribution in [0.1, 0.15) is 32.8 Å². The Morgan fingerprint density at radius 1 is 1.33 bits per heavy atom. The van der Waals surface area contributed by atoms with E-state index in [9.17, 15) is 4.79 Å². The zero-order valence-electron chi connectivity index (χ0n) is 11.4. The fourth-order valence-electron chi connectivity index (χ4n) is 1.80. The molecule has 1 rings (SSSR count). The van der Waals surface area contributed by atoms with Crippen molar-refractivity contribution in [2.45, 2.75) is 39.8 Å². The summed E-state index contributed by atoms with van der Waals surface area (Å²) in [6, 6.07) is 7.81. The van der Waals surface area contributed by atoms with E-state index in [0.717, 1.165) is 17.7 Å². The Hall–Kier alpha value is -1.55. The predicted octanol–water partition coefficient (Wildman–Crippen LogP) is 2.80. The molecule has 4 heteroatoms. The molecule has 0 spiro atoms. The molecule has 4 nitrogen and oxygen atoms in total. The fourth-order valence-corrected chi connectivity index (χ4v) is 1.80. The van der Waals surface area contributed by atoms with Crippen LogP contribution in [-0.2, 0) is 6.54 Å². The van der Waals surface area contributed by atoms with Crippen LogP contribution in [0, 0.1) is 0 Å². The van der Waals surface area contributed by atoms with E-state index in [1.165, 1.54) is 0 Å². The van der Waals surface area contributed by atoms with Crippen LogP contribution in [0.25, 0.3) is 0 Å². The molecule has 0 heterocycles. The van der Waals surface area contributed by atoms with Gasteiger partial charge in [0.05, 0.1) is 0 Å². The van der Waals surface area contributed by atoms with Gasteiger partial charge in [0.15, 0.2) is 0 Å². The van der Waals surface area contributed by atoms with Crippen molar-refractivity contribution in [2.75, 3.05) is 11.9 Å². The number of carbonyl (C=O) groups is 1. The molecule has 1 aromatic carbocycles. The van der Waals surface area contributed by atoms with Gasteiger partial charge in [-0.15, -0.1) is 0 Å². The summed E-state index contributed by atoms with van der Waals surface area (Å²) in [5.41, 5.74) is 7.40. The molecule has 3 N–H and O–H groups in total. The van der Waals surface area contributed by atoms with E-state index < -0.39 is 0 Å². The molecule has 0 aliphatic carbocycles. The topological polar surface area (TPSA) is 58.4 Å². The number of rotatable bonds is 5. The minimum Gasteiger partial charge on any atom is -0.326 e. The molecule has 0 aliphatic rings. The van der Waals surface area contributed by atoms with Gasteiger partial charge >= 0.3 is 6.03 Å². The van der Waals surface area contributed by atoms with Crippen molar-refractivity contribution in [3.63, 3.8) is 0 Å². The number of nitrogens with two attached hydrogens (primary N) is 1. The average molecular weight is 249 g/mol. The Bertz CT molecular complexity index is 375. The first-order chi connectivity index (χ1) is 8.62. The van der Waals surface area contributed by atoms with Crippen LogP contribution in [-0.4, -0.2) is 23.5 Å². The van der Waals surface area contributed by atoms with E-state index in [1.54, 1.807) is 0 Å². The van der Waals surface area contributed by atoms with Gasteiger partial charge in [-0.2, -0.15) is 0 Å². The largest absolute Gasteiger partial charge is 0.326 e. The number of nitrogens with zero attached hydrogens (tertiary/aromatic N) is 1. The number of amides is 2. The van der Waals surface area contributed by atoms with Crippen LogP contribution in [0.3, 0.4) is 0 Å². The lowest BCUT2D eigenvalue weighted by Gasteiger charge is -2.27. The average Bonchev–Trinajstić information content (AvgIpc) is 2.40. The second-order valence-electron chi connectivity index (χ2n) is 4.37. The third kappa shape index (κ3) is 3.74.